The zero-order valence-electron chi connectivity index (χ0n) is 20.0. The lowest BCUT2D eigenvalue weighted by Crippen LogP contribution is -2.49. The van der Waals surface area contributed by atoms with E-state index in [-0.39, 0.29) is 11.7 Å². The minimum Gasteiger partial charge on any atom is -0.495 e. The molecule has 2 saturated heterocycles. The molecule has 1 amide bonds. The van der Waals surface area contributed by atoms with Crippen molar-refractivity contribution in [1.29, 1.82) is 0 Å². The molecule has 2 aliphatic rings. The van der Waals surface area contributed by atoms with Gasteiger partial charge in [0.2, 0.25) is 10.0 Å². The number of nitrogens with zero attached hydrogens (tertiary/aromatic N) is 4. The molecule has 184 valence electrons. The van der Waals surface area contributed by atoms with Gasteiger partial charge in [-0.15, -0.1) is 0 Å². The highest BCUT2D eigenvalue weighted by molar-refractivity contribution is 7.89. The minimum absolute atomic E-state index is 0.0559. The Morgan fingerprint density at radius 2 is 1.62 bits per heavy atom. The van der Waals surface area contributed by atoms with Crippen molar-refractivity contribution in [2.45, 2.75) is 13.5 Å². The topological polar surface area (TPSA) is 73.4 Å². The second-order valence-electron chi connectivity index (χ2n) is 8.73. The zero-order chi connectivity index (χ0) is 24.1. The fourth-order valence-corrected chi connectivity index (χ4v) is 5.72. The maximum Gasteiger partial charge on any atom is 0.253 e. The monoisotopic (exact) mass is 486 g/mol. The summed E-state index contributed by atoms with van der Waals surface area (Å²) in [7, 11) is -1.45. The molecule has 2 heterocycles. The number of amides is 1. The molecule has 0 spiro atoms. The second-order valence-corrected chi connectivity index (χ2v) is 11.0. The van der Waals surface area contributed by atoms with Crippen LogP contribution in [0.25, 0.3) is 0 Å². The Morgan fingerprint density at radius 3 is 2.29 bits per heavy atom. The van der Waals surface area contributed by atoms with Crippen LogP contribution in [0.1, 0.15) is 22.8 Å². The Kier molecular flexibility index (Phi) is 7.75. The molecule has 9 heteroatoms. The van der Waals surface area contributed by atoms with Gasteiger partial charge in [-0.1, -0.05) is 24.3 Å². The Balaban J connectivity index is 1.33. The lowest BCUT2D eigenvalue weighted by atomic mass is 10.1. The number of piperazine rings is 2. The maximum atomic E-state index is 13.2. The predicted octanol–water partition coefficient (Wildman–Crippen LogP) is 2.12. The molecule has 0 saturated carbocycles. The molecule has 4 rings (SSSR count). The summed E-state index contributed by atoms with van der Waals surface area (Å²) < 4.78 is 31.2. The van der Waals surface area contributed by atoms with Crippen molar-refractivity contribution >= 4 is 21.6 Å². The SMILES string of the molecule is CCS(=O)(=O)N1CCN(Cc2cccc(C(=O)N3CCN(c4ccccc4OC)CC3)c2)CC1. The molecule has 2 aromatic carbocycles. The van der Waals surface area contributed by atoms with Gasteiger partial charge in [0.05, 0.1) is 18.6 Å². The first-order chi connectivity index (χ1) is 16.4. The number of rotatable bonds is 7. The van der Waals surface area contributed by atoms with E-state index in [1.165, 1.54) is 0 Å². The number of para-hydroxylation sites is 2. The van der Waals surface area contributed by atoms with Gasteiger partial charge in [0.15, 0.2) is 0 Å². The predicted molar refractivity (Wildman–Crippen MR) is 134 cm³/mol. The van der Waals surface area contributed by atoms with Crippen molar-refractivity contribution in [2.75, 3.05) is 70.1 Å². The smallest absolute Gasteiger partial charge is 0.253 e. The molecule has 2 aliphatic heterocycles. The number of methoxy groups -OCH3 is 1. The van der Waals surface area contributed by atoms with Crippen molar-refractivity contribution in [3.05, 3.63) is 59.7 Å². The van der Waals surface area contributed by atoms with E-state index >= 15 is 0 Å². The Morgan fingerprint density at radius 1 is 0.912 bits per heavy atom. The highest BCUT2D eigenvalue weighted by Gasteiger charge is 2.26. The van der Waals surface area contributed by atoms with Crippen LogP contribution < -0.4 is 9.64 Å². The molecule has 0 aliphatic carbocycles. The first-order valence-electron chi connectivity index (χ1n) is 11.9. The van der Waals surface area contributed by atoms with E-state index in [2.05, 4.69) is 15.9 Å². The average Bonchev–Trinajstić information content (AvgIpc) is 2.89. The van der Waals surface area contributed by atoms with E-state index in [1.807, 2.05) is 47.4 Å². The van der Waals surface area contributed by atoms with E-state index in [0.717, 1.165) is 30.1 Å². The molecule has 0 N–H and O–H groups in total. The molecule has 0 unspecified atom stereocenters. The van der Waals surface area contributed by atoms with E-state index in [4.69, 9.17) is 4.74 Å². The van der Waals surface area contributed by atoms with Gasteiger partial charge >= 0.3 is 0 Å². The van der Waals surface area contributed by atoms with Crippen LogP contribution in [0.15, 0.2) is 48.5 Å². The highest BCUT2D eigenvalue weighted by atomic mass is 32.2. The minimum atomic E-state index is -3.13. The Hall–Kier alpha value is -2.62. The first-order valence-corrected chi connectivity index (χ1v) is 13.5. The molecule has 34 heavy (non-hydrogen) atoms. The third-order valence-electron chi connectivity index (χ3n) is 6.66. The van der Waals surface area contributed by atoms with Gasteiger partial charge in [0.1, 0.15) is 5.75 Å². The van der Waals surface area contributed by atoms with Crippen molar-refractivity contribution in [1.82, 2.24) is 14.1 Å². The normalized spacial score (nSPS) is 18.2. The van der Waals surface area contributed by atoms with Crippen LogP contribution in [0.5, 0.6) is 5.75 Å². The largest absolute Gasteiger partial charge is 0.495 e. The molecule has 0 aromatic heterocycles. The summed E-state index contributed by atoms with van der Waals surface area (Å²) in [5, 5.41) is 0. The van der Waals surface area contributed by atoms with Crippen LogP contribution >= 0.6 is 0 Å². The molecule has 8 nitrogen and oxygen atoms in total. The molecular weight excluding hydrogens is 452 g/mol. The quantitative estimate of drug-likeness (QED) is 0.597. The third-order valence-corrected chi connectivity index (χ3v) is 8.54. The number of sulfonamides is 1. The number of ether oxygens (including phenoxy) is 1. The van der Waals surface area contributed by atoms with E-state index in [0.29, 0.717) is 51.4 Å². The first kappa shape index (κ1) is 24.5. The standard InChI is InChI=1S/C25H34N4O4S/c1-3-34(31,32)29-17-11-26(12-18-29)20-21-7-6-8-22(19-21)25(30)28-15-13-27(14-16-28)23-9-4-5-10-24(23)33-2/h4-10,19H,3,11-18,20H2,1-2H3. The molecule has 2 fully saturated rings. The molecule has 0 radical (unpaired) electrons. The van der Waals surface area contributed by atoms with Crippen LogP contribution in [0.4, 0.5) is 5.69 Å². The maximum absolute atomic E-state index is 13.2. The Labute approximate surface area is 202 Å². The van der Waals surface area contributed by atoms with Crippen LogP contribution in [0.3, 0.4) is 0 Å². The molecular formula is C25H34N4O4S. The summed E-state index contributed by atoms with van der Waals surface area (Å²) in [5.41, 5.74) is 2.84. The number of carbonyl (C=O) groups is 1. The molecule has 0 bridgehead atoms. The lowest BCUT2D eigenvalue weighted by molar-refractivity contribution is 0.0746. The van der Waals surface area contributed by atoms with Crippen LogP contribution in [-0.2, 0) is 16.6 Å². The number of carbonyl (C=O) groups excluding carboxylic acids is 1. The summed E-state index contributed by atoms with van der Waals surface area (Å²) in [5.74, 6) is 1.05. The van der Waals surface area contributed by atoms with Crippen LogP contribution in [0.2, 0.25) is 0 Å². The van der Waals surface area contributed by atoms with Crippen molar-refractivity contribution in [3.63, 3.8) is 0 Å². The fraction of sp³-hybridized carbons (Fsp3) is 0.480. The van der Waals surface area contributed by atoms with Crippen molar-refractivity contribution < 1.29 is 17.9 Å². The van der Waals surface area contributed by atoms with Gasteiger partial charge in [-0.3, -0.25) is 9.69 Å². The van der Waals surface area contributed by atoms with Gasteiger partial charge in [-0.2, -0.15) is 4.31 Å². The van der Waals surface area contributed by atoms with Gasteiger partial charge in [0.25, 0.3) is 5.91 Å². The Bertz CT molecular complexity index is 1090. The van der Waals surface area contributed by atoms with Gasteiger partial charge in [-0.05, 0) is 36.8 Å². The fourth-order valence-electron chi connectivity index (χ4n) is 4.63. The summed E-state index contributed by atoms with van der Waals surface area (Å²) in [6, 6.07) is 15.8. The summed E-state index contributed by atoms with van der Waals surface area (Å²) in [6.45, 7) is 7.67. The van der Waals surface area contributed by atoms with Gasteiger partial charge < -0.3 is 14.5 Å². The van der Waals surface area contributed by atoms with E-state index < -0.39 is 10.0 Å². The summed E-state index contributed by atoms with van der Waals surface area (Å²) in [6.07, 6.45) is 0. The average molecular weight is 487 g/mol. The zero-order valence-corrected chi connectivity index (χ0v) is 20.8. The number of benzene rings is 2. The van der Waals surface area contributed by atoms with Gasteiger partial charge in [-0.25, -0.2) is 8.42 Å². The molecule has 2 aromatic rings. The lowest BCUT2D eigenvalue weighted by Gasteiger charge is -2.36. The van der Waals surface area contributed by atoms with Gasteiger partial charge in [0, 0.05) is 64.5 Å². The second kappa shape index (κ2) is 10.8. The van der Waals surface area contributed by atoms with E-state index in [1.54, 1.807) is 18.3 Å². The van der Waals surface area contributed by atoms with Crippen LogP contribution in [0, 0.1) is 0 Å². The third kappa shape index (κ3) is 5.54. The van der Waals surface area contributed by atoms with Crippen molar-refractivity contribution in [3.8, 4) is 5.75 Å². The highest BCUT2D eigenvalue weighted by Crippen LogP contribution is 2.28. The molecule has 0 atom stereocenters. The van der Waals surface area contributed by atoms with Crippen molar-refractivity contribution in [2.24, 2.45) is 0 Å². The summed E-state index contributed by atoms with van der Waals surface area (Å²) >= 11 is 0. The number of anilines is 1. The number of hydrogen-bond acceptors (Lipinski definition) is 6. The van der Waals surface area contributed by atoms with E-state index in [9.17, 15) is 13.2 Å². The number of hydrogen-bond donors (Lipinski definition) is 0. The van der Waals surface area contributed by atoms with Crippen LogP contribution in [-0.4, -0.2) is 93.7 Å². The summed E-state index contributed by atoms with van der Waals surface area (Å²) in [4.78, 5) is 19.6.